The average Bonchev–Trinajstić information content (AvgIpc) is 2.89. The van der Waals surface area contributed by atoms with Crippen molar-refractivity contribution in [3.8, 4) is 0 Å². The van der Waals surface area contributed by atoms with Gasteiger partial charge in [0.25, 0.3) is 0 Å². The molecule has 3 N–H and O–H groups in total. The molecule has 1 aliphatic carbocycles. The number of halogens is 2. The van der Waals surface area contributed by atoms with Gasteiger partial charge in [0, 0.05) is 30.7 Å². The summed E-state index contributed by atoms with van der Waals surface area (Å²) in [5.41, 5.74) is -0.0288. The summed E-state index contributed by atoms with van der Waals surface area (Å²) in [7, 11) is 0. The van der Waals surface area contributed by atoms with Gasteiger partial charge in [-0.15, -0.1) is 0 Å². The number of amides is 2. The van der Waals surface area contributed by atoms with Crippen molar-refractivity contribution in [1.82, 2.24) is 10.6 Å². The second-order valence-corrected chi connectivity index (χ2v) is 5.02. The van der Waals surface area contributed by atoms with Crippen LogP contribution in [0.2, 0.25) is 0 Å². The number of aliphatic hydroxyl groups is 1. The Hall–Kier alpha value is -1.95. The van der Waals surface area contributed by atoms with E-state index in [1.165, 1.54) is 18.2 Å². The van der Waals surface area contributed by atoms with E-state index >= 15 is 0 Å². The van der Waals surface area contributed by atoms with Crippen LogP contribution in [-0.2, 0) is 6.42 Å². The Balaban J connectivity index is 1.74. The van der Waals surface area contributed by atoms with Gasteiger partial charge in [-0.1, -0.05) is 18.2 Å². The molecule has 0 heterocycles. The van der Waals surface area contributed by atoms with Gasteiger partial charge in [0.05, 0.1) is 0 Å². The summed E-state index contributed by atoms with van der Waals surface area (Å²) < 4.78 is 26.8. The highest BCUT2D eigenvalue weighted by atomic mass is 19.1. The molecular formula is C15H18F2N2O2. The smallest absolute Gasteiger partial charge is 0.315 e. The van der Waals surface area contributed by atoms with Crippen molar-refractivity contribution in [1.29, 1.82) is 0 Å². The van der Waals surface area contributed by atoms with Crippen LogP contribution in [0.5, 0.6) is 0 Å². The molecule has 1 aromatic carbocycles. The number of carbonyl (C=O) groups excluding carboxylic acids is 1. The second kappa shape index (κ2) is 7.17. The standard InChI is InChI=1S/C15H18F2N2O2/c16-13-2-1-3-14(17)12(13)6-7-18-15(21)19-11-5-4-10(8-11)9-20/h1-5,10-11,20H,6-9H2,(H2,18,19,21)/t10-,11+/m0/s1. The molecule has 0 aliphatic heterocycles. The van der Waals surface area contributed by atoms with Gasteiger partial charge in [0.2, 0.25) is 0 Å². The zero-order valence-electron chi connectivity index (χ0n) is 11.5. The first-order valence-corrected chi connectivity index (χ1v) is 6.86. The minimum absolute atomic E-state index is 0.0288. The first kappa shape index (κ1) is 15.4. The van der Waals surface area contributed by atoms with Crippen molar-refractivity contribution in [2.75, 3.05) is 13.2 Å². The fourth-order valence-corrected chi connectivity index (χ4v) is 2.31. The first-order valence-electron chi connectivity index (χ1n) is 6.86. The SMILES string of the molecule is O=C(NCCc1c(F)cccc1F)N[C@@H]1C=C[C@H](CO)C1. The Morgan fingerprint density at radius 3 is 2.62 bits per heavy atom. The highest BCUT2D eigenvalue weighted by molar-refractivity contribution is 5.74. The Bertz CT molecular complexity index is 514. The molecule has 0 unspecified atom stereocenters. The predicted octanol–water partition coefficient (Wildman–Crippen LogP) is 1.74. The summed E-state index contributed by atoms with van der Waals surface area (Å²) in [6.07, 6.45) is 4.44. The number of nitrogens with one attached hydrogen (secondary N) is 2. The van der Waals surface area contributed by atoms with Crippen molar-refractivity contribution >= 4 is 6.03 Å². The van der Waals surface area contributed by atoms with Gasteiger partial charge >= 0.3 is 6.03 Å². The summed E-state index contributed by atoms with van der Waals surface area (Å²) in [5, 5.41) is 14.3. The maximum Gasteiger partial charge on any atom is 0.315 e. The van der Waals surface area contributed by atoms with E-state index in [4.69, 9.17) is 5.11 Å². The minimum atomic E-state index is -0.610. The maximum atomic E-state index is 13.4. The molecule has 114 valence electrons. The van der Waals surface area contributed by atoms with Gasteiger partial charge in [-0.25, -0.2) is 13.6 Å². The number of benzene rings is 1. The van der Waals surface area contributed by atoms with Crippen LogP contribution >= 0.6 is 0 Å². The lowest BCUT2D eigenvalue weighted by Gasteiger charge is -2.13. The third-order valence-corrected chi connectivity index (χ3v) is 3.45. The molecule has 6 heteroatoms. The number of rotatable bonds is 5. The lowest BCUT2D eigenvalue weighted by molar-refractivity contribution is 0.231. The quantitative estimate of drug-likeness (QED) is 0.725. The lowest BCUT2D eigenvalue weighted by Crippen LogP contribution is -2.41. The topological polar surface area (TPSA) is 61.4 Å². The molecule has 0 fully saturated rings. The van der Waals surface area contributed by atoms with Gasteiger partial charge in [-0.3, -0.25) is 0 Å². The zero-order chi connectivity index (χ0) is 15.2. The Morgan fingerprint density at radius 2 is 2.00 bits per heavy atom. The zero-order valence-corrected chi connectivity index (χ0v) is 11.5. The number of hydrogen-bond acceptors (Lipinski definition) is 2. The molecule has 0 saturated carbocycles. The van der Waals surface area contributed by atoms with Crippen LogP contribution in [0.25, 0.3) is 0 Å². The Kier molecular flexibility index (Phi) is 5.27. The van der Waals surface area contributed by atoms with E-state index in [0.717, 1.165) is 0 Å². The molecule has 0 aromatic heterocycles. The van der Waals surface area contributed by atoms with E-state index in [1.54, 1.807) is 0 Å². The van der Waals surface area contributed by atoms with Crippen molar-refractivity contribution in [3.63, 3.8) is 0 Å². The summed E-state index contributed by atoms with van der Waals surface area (Å²) >= 11 is 0. The van der Waals surface area contributed by atoms with Crippen LogP contribution in [-0.4, -0.2) is 30.3 Å². The molecule has 0 bridgehead atoms. The van der Waals surface area contributed by atoms with E-state index in [1.807, 2.05) is 12.2 Å². The van der Waals surface area contributed by atoms with E-state index in [0.29, 0.717) is 6.42 Å². The molecule has 0 saturated heterocycles. The molecule has 0 radical (unpaired) electrons. The number of carbonyl (C=O) groups is 1. The van der Waals surface area contributed by atoms with Crippen LogP contribution in [0.15, 0.2) is 30.4 Å². The number of urea groups is 1. The monoisotopic (exact) mass is 296 g/mol. The largest absolute Gasteiger partial charge is 0.396 e. The molecule has 4 nitrogen and oxygen atoms in total. The van der Waals surface area contributed by atoms with Crippen LogP contribution in [0, 0.1) is 17.6 Å². The van der Waals surface area contributed by atoms with E-state index < -0.39 is 11.6 Å². The Labute approximate surface area is 121 Å². The van der Waals surface area contributed by atoms with E-state index in [-0.39, 0.29) is 43.1 Å². The van der Waals surface area contributed by atoms with Crippen molar-refractivity contribution in [3.05, 3.63) is 47.5 Å². The molecular weight excluding hydrogens is 278 g/mol. The highest BCUT2D eigenvalue weighted by Gasteiger charge is 2.19. The molecule has 2 rings (SSSR count). The highest BCUT2D eigenvalue weighted by Crippen LogP contribution is 2.16. The summed E-state index contributed by atoms with van der Waals surface area (Å²) in [6, 6.07) is 3.18. The van der Waals surface area contributed by atoms with E-state index in [9.17, 15) is 13.6 Å². The van der Waals surface area contributed by atoms with Crippen LogP contribution in [0.4, 0.5) is 13.6 Å². The molecule has 2 atom stereocenters. The fourth-order valence-electron chi connectivity index (χ4n) is 2.31. The predicted molar refractivity (Wildman–Crippen MR) is 74.7 cm³/mol. The van der Waals surface area contributed by atoms with E-state index in [2.05, 4.69) is 10.6 Å². The van der Waals surface area contributed by atoms with Gasteiger partial charge in [0.15, 0.2) is 0 Å². The molecule has 2 amide bonds. The van der Waals surface area contributed by atoms with Gasteiger partial charge in [-0.05, 0) is 25.0 Å². The fraction of sp³-hybridized carbons (Fsp3) is 0.400. The minimum Gasteiger partial charge on any atom is -0.396 e. The third-order valence-electron chi connectivity index (χ3n) is 3.45. The third kappa shape index (κ3) is 4.26. The van der Waals surface area contributed by atoms with Crippen molar-refractivity contribution in [2.45, 2.75) is 18.9 Å². The maximum absolute atomic E-state index is 13.4. The van der Waals surface area contributed by atoms with Gasteiger partial charge < -0.3 is 15.7 Å². The van der Waals surface area contributed by atoms with Gasteiger partial charge in [0.1, 0.15) is 11.6 Å². The molecule has 1 aliphatic rings. The van der Waals surface area contributed by atoms with Crippen LogP contribution in [0.3, 0.4) is 0 Å². The molecule has 21 heavy (non-hydrogen) atoms. The van der Waals surface area contributed by atoms with Gasteiger partial charge in [-0.2, -0.15) is 0 Å². The number of hydrogen-bond donors (Lipinski definition) is 3. The lowest BCUT2D eigenvalue weighted by atomic mass is 10.1. The number of aliphatic hydroxyl groups excluding tert-OH is 1. The molecule has 0 spiro atoms. The van der Waals surface area contributed by atoms with Crippen molar-refractivity contribution < 1.29 is 18.7 Å². The second-order valence-electron chi connectivity index (χ2n) is 5.02. The van der Waals surface area contributed by atoms with Crippen molar-refractivity contribution in [2.24, 2.45) is 5.92 Å². The summed E-state index contributed by atoms with van der Waals surface area (Å²) in [5.74, 6) is -1.15. The molecule has 1 aromatic rings. The van der Waals surface area contributed by atoms with Crippen LogP contribution in [0.1, 0.15) is 12.0 Å². The Morgan fingerprint density at radius 1 is 1.29 bits per heavy atom. The van der Waals surface area contributed by atoms with Crippen LogP contribution < -0.4 is 10.6 Å². The summed E-state index contributed by atoms with van der Waals surface area (Å²) in [4.78, 5) is 11.6. The average molecular weight is 296 g/mol. The normalized spacial score (nSPS) is 20.5. The summed E-state index contributed by atoms with van der Waals surface area (Å²) in [6.45, 7) is 0.201. The first-order chi connectivity index (χ1) is 10.1.